The molecule has 5 N–H and O–H groups in total. The first-order valence-electron chi connectivity index (χ1n) is 3.93. The van der Waals surface area contributed by atoms with Gasteiger partial charge in [-0.2, -0.15) is 0 Å². The van der Waals surface area contributed by atoms with Crippen molar-refractivity contribution in [3.05, 3.63) is 0 Å². The summed E-state index contributed by atoms with van der Waals surface area (Å²) in [5.41, 5.74) is 0. The molecule has 0 saturated carbocycles. The monoisotopic (exact) mass is 260 g/mol. The highest BCUT2D eigenvalue weighted by atomic mass is 31.1. The molecular formula is C6H13O9P. The summed E-state index contributed by atoms with van der Waals surface area (Å²) in [6.07, 6.45) is -2.63. The van der Waals surface area contributed by atoms with Gasteiger partial charge >= 0.3 is 14.2 Å². The van der Waals surface area contributed by atoms with Gasteiger partial charge in [0.25, 0.3) is 0 Å². The molecule has 0 aliphatic rings. The number of aliphatic hydroxyl groups excluding tert-OH is 4. The first-order valence-corrected chi connectivity index (χ1v) is 5.03. The lowest BCUT2D eigenvalue weighted by molar-refractivity contribution is -0.194. The minimum absolute atomic E-state index is 0.365. The first kappa shape index (κ1) is 17.7. The average molecular weight is 260 g/mol. The van der Waals surface area contributed by atoms with Crippen LogP contribution in [0.2, 0.25) is 0 Å². The Labute approximate surface area is 91.5 Å². The van der Waals surface area contributed by atoms with Gasteiger partial charge in [-0.3, -0.25) is 0 Å². The molecule has 16 heavy (non-hydrogen) atoms. The Morgan fingerprint density at radius 1 is 1.25 bits per heavy atom. The maximum absolute atomic E-state index is 9.91. The fourth-order valence-corrected chi connectivity index (χ4v) is 0.683. The van der Waals surface area contributed by atoms with E-state index in [2.05, 4.69) is 4.52 Å². The molecule has 0 fully saturated rings. The normalized spacial score (nSPS) is 12.8. The Bertz CT molecular complexity index is 204. The number of hydrogen-bond donors (Lipinski definition) is 5. The van der Waals surface area contributed by atoms with Crippen molar-refractivity contribution in [1.29, 1.82) is 0 Å². The van der Waals surface area contributed by atoms with E-state index in [0.29, 0.717) is 0 Å². The van der Waals surface area contributed by atoms with Gasteiger partial charge in [0.2, 0.25) is 6.10 Å². The Kier molecular flexibility index (Phi) is 12.0. The Morgan fingerprint density at radius 2 is 1.69 bits per heavy atom. The summed E-state index contributed by atoms with van der Waals surface area (Å²) in [7, 11) is -3.22. The molecule has 0 bridgehead atoms. The molecule has 0 aliphatic heterocycles. The van der Waals surface area contributed by atoms with E-state index in [1.165, 1.54) is 0 Å². The molecule has 10 heteroatoms. The zero-order valence-electron chi connectivity index (χ0n) is 8.09. The van der Waals surface area contributed by atoms with Crippen molar-refractivity contribution < 1.29 is 44.3 Å². The van der Waals surface area contributed by atoms with E-state index in [4.69, 9.17) is 25.5 Å². The summed E-state index contributed by atoms with van der Waals surface area (Å²) in [5, 5.41) is 40.3. The molecule has 0 amide bonds. The fraction of sp³-hybridized carbons (Fsp3) is 0.833. The van der Waals surface area contributed by atoms with Crippen LogP contribution in [0.1, 0.15) is 0 Å². The summed E-state index contributed by atoms with van der Waals surface area (Å²) in [6, 6.07) is 0. The molecule has 0 aromatic heterocycles. The van der Waals surface area contributed by atoms with Gasteiger partial charge in [0.05, 0.1) is 19.8 Å². The fourth-order valence-electron chi connectivity index (χ4n) is 0.318. The molecule has 9 nitrogen and oxygen atoms in total. The average Bonchev–Trinajstić information content (AvgIpc) is 2.24. The van der Waals surface area contributed by atoms with Gasteiger partial charge in [0.1, 0.15) is 6.10 Å². The second-order valence-electron chi connectivity index (χ2n) is 2.36. The topological polar surface area (TPSA) is 168 Å². The first-order chi connectivity index (χ1) is 7.38. The van der Waals surface area contributed by atoms with E-state index in [-0.39, 0.29) is 13.2 Å². The van der Waals surface area contributed by atoms with E-state index in [0.717, 1.165) is 0 Å². The molecule has 0 aliphatic carbocycles. The number of hydrogen-bond acceptors (Lipinski definition) is 8. The van der Waals surface area contributed by atoms with Crippen LogP contribution in [0.25, 0.3) is 0 Å². The Hall–Kier alpha value is -0.670. The summed E-state index contributed by atoms with van der Waals surface area (Å²) >= 11 is 0. The maximum atomic E-state index is 9.91. The van der Waals surface area contributed by atoms with Crippen molar-refractivity contribution >= 4 is 14.2 Å². The zero-order chi connectivity index (χ0) is 13.1. The van der Waals surface area contributed by atoms with Gasteiger partial charge < -0.3 is 30.4 Å². The van der Waals surface area contributed by atoms with Crippen molar-refractivity contribution in [3.63, 3.8) is 0 Å². The van der Waals surface area contributed by atoms with Crippen molar-refractivity contribution in [2.75, 3.05) is 19.8 Å². The summed E-state index contributed by atoms with van der Waals surface area (Å²) in [5.74, 6) is -1.51. The van der Waals surface area contributed by atoms with Gasteiger partial charge in [-0.05, 0) is 4.57 Å². The standard InChI is InChI=1S/C3H5O6P.C3H8O3/c4-1-2(3(5)6)9-10(7)8;4-1-3(6)2-5/h2,4H,1H2,(H,5,6);3-6H,1-2H2. The zero-order valence-corrected chi connectivity index (χ0v) is 8.99. The van der Waals surface area contributed by atoms with E-state index in [9.17, 15) is 14.3 Å². The van der Waals surface area contributed by atoms with Gasteiger partial charge in [0, 0.05) is 0 Å². The molecule has 96 valence electrons. The minimum atomic E-state index is -3.22. The van der Waals surface area contributed by atoms with Crippen LogP contribution >= 0.6 is 8.25 Å². The van der Waals surface area contributed by atoms with Crippen LogP contribution in [0.3, 0.4) is 0 Å². The van der Waals surface area contributed by atoms with Crippen molar-refractivity contribution in [3.8, 4) is 0 Å². The summed E-state index contributed by atoms with van der Waals surface area (Å²) < 4.78 is 13.5. The third kappa shape index (κ3) is 11.4. The summed E-state index contributed by atoms with van der Waals surface area (Å²) in [4.78, 5) is 19.6. The van der Waals surface area contributed by atoms with Crippen LogP contribution in [-0.2, 0) is 13.9 Å². The quantitative estimate of drug-likeness (QED) is 0.309. The molecule has 2 atom stereocenters. The number of carbonyl (C=O) groups is 1. The van der Waals surface area contributed by atoms with Crippen LogP contribution in [-0.4, -0.2) is 63.5 Å². The molecule has 0 aromatic rings. The SMILES string of the molecule is O=C(O)C(CO)O[P+](=O)[O-].OCC(O)CO. The van der Waals surface area contributed by atoms with Crippen LogP contribution in [0.4, 0.5) is 0 Å². The van der Waals surface area contributed by atoms with Crippen LogP contribution in [0, 0.1) is 0 Å². The molecular weight excluding hydrogens is 247 g/mol. The largest absolute Gasteiger partial charge is 0.566 e. The molecule has 0 rings (SSSR count). The number of carboxylic acid groups (broad SMARTS) is 1. The predicted octanol–water partition coefficient (Wildman–Crippen LogP) is -3.20. The van der Waals surface area contributed by atoms with Crippen molar-refractivity contribution in [2.45, 2.75) is 12.2 Å². The van der Waals surface area contributed by atoms with Gasteiger partial charge in [-0.1, -0.05) is 0 Å². The van der Waals surface area contributed by atoms with E-state index in [1.54, 1.807) is 0 Å². The third-order valence-electron chi connectivity index (χ3n) is 1.08. The predicted molar refractivity (Wildman–Crippen MR) is 47.4 cm³/mol. The molecule has 2 unspecified atom stereocenters. The van der Waals surface area contributed by atoms with E-state index >= 15 is 0 Å². The second kappa shape index (κ2) is 10.8. The molecule has 0 saturated heterocycles. The van der Waals surface area contributed by atoms with Crippen molar-refractivity contribution in [1.82, 2.24) is 0 Å². The molecule has 0 radical (unpaired) electrons. The molecule has 0 aromatic carbocycles. The second-order valence-corrected chi connectivity index (χ2v) is 3.02. The van der Waals surface area contributed by atoms with Crippen LogP contribution in [0.5, 0.6) is 0 Å². The maximum Gasteiger partial charge on any atom is 0.489 e. The minimum Gasteiger partial charge on any atom is -0.566 e. The lowest BCUT2D eigenvalue weighted by Crippen LogP contribution is -2.26. The smallest absolute Gasteiger partial charge is 0.489 e. The van der Waals surface area contributed by atoms with Crippen molar-refractivity contribution in [2.24, 2.45) is 0 Å². The van der Waals surface area contributed by atoms with Gasteiger partial charge in [-0.25, -0.2) is 4.79 Å². The summed E-state index contributed by atoms with van der Waals surface area (Å²) in [6.45, 7) is -1.59. The number of carboxylic acids is 1. The third-order valence-corrected chi connectivity index (χ3v) is 1.50. The van der Waals surface area contributed by atoms with E-state index in [1.807, 2.05) is 0 Å². The van der Waals surface area contributed by atoms with Crippen LogP contribution < -0.4 is 4.89 Å². The number of aliphatic carboxylic acids is 1. The number of aliphatic hydroxyl groups is 4. The lowest BCUT2D eigenvalue weighted by Gasteiger charge is -2.00. The number of rotatable bonds is 6. The van der Waals surface area contributed by atoms with Crippen LogP contribution in [0.15, 0.2) is 0 Å². The lowest BCUT2D eigenvalue weighted by atomic mass is 10.4. The van der Waals surface area contributed by atoms with Gasteiger partial charge in [0.15, 0.2) is 0 Å². The van der Waals surface area contributed by atoms with Gasteiger partial charge in [-0.15, -0.1) is 4.52 Å². The Balaban J connectivity index is 0. The Morgan fingerprint density at radius 3 is 1.75 bits per heavy atom. The van der Waals surface area contributed by atoms with E-state index < -0.39 is 33.0 Å². The molecule has 0 spiro atoms. The highest BCUT2D eigenvalue weighted by Crippen LogP contribution is 2.12. The molecule has 0 heterocycles. The highest BCUT2D eigenvalue weighted by molar-refractivity contribution is 7.30. The highest BCUT2D eigenvalue weighted by Gasteiger charge is 2.23.